The van der Waals surface area contributed by atoms with Gasteiger partial charge in [0.15, 0.2) is 5.03 Å². The first-order chi connectivity index (χ1) is 18.3. The average molecular weight is 567 g/mol. The molecule has 39 heavy (non-hydrogen) atoms. The SMILES string of the molecule is Cc1cc(Nc2ccc(F)cc2)c(C=N)cc1[C@H]1CN(S(=O)(=O)c2ccn(C)n2)CCN1C[C@@H](C)C(F)(F)F. The number of alkyl halides is 3. The van der Waals surface area contributed by atoms with Gasteiger partial charge in [-0.25, -0.2) is 12.8 Å². The number of nitrogens with one attached hydrogen (secondary N) is 2. The fourth-order valence-corrected chi connectivity index (χ4v) is 6.05. The Morgan fingerprint density at radius 3 is 2.46 bits per heavy atom. The normalized spacial score (nSPS) is 18.2. The molecular weight excluding hydrogens is 536 g/mol. The standard InChI is InChI=1S/C26H30F4N6O2S/c1-17-12-23(32-21-6-4-20(27)5-7-21)19(14-31)13-22(17)24-16-36(39(37,38)25-8-9-34(3)33-25)11-10-35(24)15-18(2)26(28,29)30/h4-9,12-14,18,24,31-32H,10-11,15-16H2,1-3H3/t18-,24-/m1/s1. The highest BCUT2D eigenvalue weighted by molar-refractivity contribution is 7.89. The van der Waals surface area contributed by atoms with Gasteiger partial charge in [0.25, 0.3) is 10.0 Å². The molecule has 2 heterocycles. The van der Waals surface area contributed by atoms with E-state index in [1.807, 2.05) is 0 Å². The monoisotopic (exact) mass is 566 g/mol. The molecule has 3 aromatic rings. The van der Waals surface area contributed by atoms with Crippen LogP contribution in [0, 0.1) is 24.1 Å². The summed E-state index contributed by atoms with van der Waals surface area (Å²) in [6.45, 7) is 2.62. The lowest BCUT2D eigenvalue weighted by atomic mass is 9.94. The van der Waals surface area contributed by atoms with Gasteiger partial charge in [-0.2, -0.15) is 22.6 Å². The topological polar surface area (TPSA) is 94.3 Å². The van der Waals surface area contributed by atoms with Crippen molar-refractivity contribution < 1.29 is 26.0 Å². The molecule has 4 rings (SSSR count). The first kappa shape index (κ1) is 28.7. The van der Waals surface area contributed by atoms with Crippen molar-refractivity contribution in [3.63, 3.8) is 0 Å². The molecule has 2 N–H and O–H groups in total. The maximum Gasteiger partial charge on any atom is 0.392 e. The van der Waals surface area contributed by atoms with Crippen LogP contribution in [0.3, 0.4) is 0 Å². The van der Waals surface area contributed by atoms with E-state index in [4.69, 9.17) is 5.41 Å². The maximum absolute atomic E-state index is 13.5. The van der Waals surface area contributed by atoms with E-state index in [2.05, 4.69) is 10.4 Å². The molecular formula is C26H30F4N6O2S. The number of aryl methyl sites for hydroxylation is 2. The summed E-state index contributed by atoms with van der Waals surface area (Å²) in [5, 5.41) is 15.0. The van der Waals surface area contributed by atoms with E-state index >= 15 is 0 Å². The van der Waals surface area contributed by atoms with Gasteiger partial charge in [0.2, 0.25) is 0 Å². The molecule has 0 saturated carbocycles. The number of sulfonamides is 1. The highest BCUT2D eigenvalue weighted by Gasteiger charge is 2.42. The van der Waals surface area contributed by atoms with Crippen molar-refractivity contribution in [2.45, 2.75) is 31.1 Å². The zero-order valence-electron chi connectivity index (χ0n) is 21.7. The lowest BCUT2D eigenvalue weighted by Crippen LogP contribution is -2.52. The molecule has 0 amide bonds. The molecule has 0 radical (unpaired) electrons. The van der Waals surface area contributed by atoms with Gasteiger partial charge in [-0.05, 0) is 60.5 Å². The van der Waals surface area contributed by atoms with Gasteiger partial charge >= 0.3 is 6.18 Å². The van der Waals surface area contributed by atoms with Crippen LogP contribution in [0.2, 0.25) is 0 Å². The molecule has 2 atom stereocenters. The van der Waals surface area contributed by atoms with Gasteiger partial charge in [0, 0.05) is 68.6 Å². The van der Waals surface area contributed by atoms with Gasteiger partial charge in [0.05, 0.1) is 5.92 Å². The minimum absolute atomic E-state index is 0.0145. The van der Waals surface area contributed by atoms with E-state index in [-0.39, 0.29) is 31.2 Å². The summed E-state index contributed by atoms with van der Waals surface area (Å²) < 4.78 is 83.1. The third-order valence-corrected chi connectivity index (χ3v) is 8.65. The predicted octanol–water partition coefficient (Wildman–Crippen LogP) is 4.85. The molecule has 0 unspecified atom stereocenters. The highest BCUT2D eigenvalue weighted by Crippen LogP contribution is 2.36. The smallest absolute Gasteiger partial charge is 0.355 e. The van der Waals surface area contributed by atoms with Crippen LogP contribution in [0.15, 0.2) is 53.7 Å². The van der Waals surface area contributed by atoms with Crippen molar-refractivity contribution in [3.8, 4) is 0 Å². The fourth-order valence-electron chi connectivity index (χ4n) is 4.66. The second kappa shape index (κ2) is 11.1. The number of halogens is 4. The van der Waals surface area contributed by atoms with Crippen LogP contribution in [-0.2, 0) is 17.1 Å². The quantitative estimate of drug-likeness (QED) is 0.300. The second-order valence-corrected chi connectivity index (χ2v) is 11.6. The molecule has 210 valence electrons. The number of benzene rings is 2. The van der Waals surface area contributed by atoms with E-state index in [0.717, 1.165) is 13.1 Å². The Hall–Kier alpha value is -3.29. The van der Waals surface area contributed by atoms with Crippen molar-refractivity contribution in [1.82, 2.24) is 19.0 Å². The van der Waals surface area contributed by atoms with Crippen molar-refractivity contribution in [2.75, 3.05) is 31.5 Å². The van der Waals surface area contributed by atoms with Crippen molar-refractivity contribution in [2.24, 2.45) is 13.0 Å². The lowest BCUT2D eigenvalue weighted by molar-refractivity contribution is -0.176. The Labute approximate surface area is 224 Å². The number of anilines is 2. The first-order valence-corrected chi connectivity index (χ1v) is 13.7. The van der Waals surface area contributed by atoms with E-state index in [1.54, 1.807) is 43.1 Å². The molecule has 1 aliphatic heterocycles. The number of aromatic nitrogens is 2. The van der Waals surface area contributed by atoms with Crippen molar-refractivity contribution in [3.05, 3.63) is 71.2 Å². The summed E-state index contributed by atoms with van der Waals surface area (Å²) >= 11 is 0. The Bertz CT molecular complexity index is 1440. The number of hydrogen-bond acceptors (Lipinski definition) is 6. The predicted molar refractivity (Wildman–Crippen MR) is 140 cm³/mol. The van der Waals surface area contributed by atoms with Crippen LogP contribution in [-0.4, -0.2) is 66.0 Å². The van der Waals surface area contributed by atoms with Gasteiger partial charge < -0.3 is 10.7 Å². The van der Waals surface area contributed by atoms with E-state index in [0.29, 0.717) is 28.1 Å². The molecule has 1 aromatic heterocycles. The summed E-state index contributed by atoms with van der Waals surface area (Å²) in [6, 6.07) is 9.84. The van der Waals surface area contributed by atoms with Crippen LogP contribution >= 0.6 is 0 Å². The van der Waals surface area contributed by atoms with Gasteiger partial charge in [-0.3, -0.25) is 9.58 Å². The second-order valence-electron chi connectivity index (χ2n) is 9.72. The largest absolute Gasteiger partial charge is 0.392 e. The van der Waals surface area contributed by atoms with Crippen LogP contribution in [0.1, 0.15) is 29.7 Å². The lowest BCUT2D eigenvalue weighted by Gasteiger charge is -2.42. The van der Waals surface area contributed by atoms with E-state index < -0.39 is 34.0 Å². The molecule has 0 spiro atoms. The Morgan fingerprint density at radius 2 is 1.87 bits per heavy atom. The van der Waals surface area contributed by atoms with Crippen LogP contribution in [0.5, 0.6) is 0 Å². The third-order valence-electron chi connectivity index (χ3n) is 6.89. The van der Waals surface area contributed by atoms with E-state index in [1.165, 1.54) is 33.4 Å². The highest BCUT2D eigenvalue weighted by atomic mass is 32.2. The third kappa shape index (κ3) is 6.31. The summed E-state index contributed by atoms with van der Waals surface area (Å²) in [6.07, 6.45) is -1.78. The minimum Gasteiger partial charge on any atom is -0.355 e. The minimum atomic E-state index is -4.40. The average Bonchev–Trinajstić information content (AvgIpc) is 3.32. The Morgan fingerprint density at radius 1 is 1.18 bits per heavy atom. The molecule has 0 aliphatic carbocycles. The van der Waals surface area contributed by atoms with Crippen LogP contribution in [0.4, 0.5) is 28.9 Å². The van der Waals surface area contributed by atoms with Gasteiger partial charge in [0.1, 0.15) is 5.82 Å². The molecule has 2 aromatic carbocycles. The number of piperazine rings is 1. The number of nitrogens with zero attached hydrogens (tertiary/aromatic N) is 4. The summed E-state index contributed by atoms with van der Waals surface area (Å²) in [4.78, 5) is 1.66. The first-order valence-electron chi connectivity index (χ1n) is 12.3. The molecule has 1 saturated heterocycles. The number of rotatable bonds is 8. The Balaban J connectivity index is 1.71. The fraction of sp³-hybridized carbons (Fsp3) is 0.385. The van der Waals surface area contributed by atoms with Crippen molar-refractivity contribution in [1.29, 1.82) is 5.41 Å². The van der Waals surface area contributed by atoms with Crippen molar-refractivity contribution >= 4 is 27.6 Å². The zero-order chi connectivity index (χ0) is 28.5. The van der Waals surface area contributed by atoms with Crippen LogP contribution < -0.4 is 5.32 Å². The zero-order valence-corrected chi connectivity index (χ0v) is 22.5. The summed E-state index contributed by atoms with van der Waals surface area (Å²) in [5.74, 6) is -2.02. The van der Waals surface area contributed by atoms with Gasteiger partial charge in [-0.1, -0.05) is 6.92 Å². The summed E-state index contributed by atoms with van der Waals surface area (Å²) in [5.41, 5.74) is 2.93. The Kier molecular flexibility index (Phi) is 8.14. The summed E-state index contributed by atoms with van der Waals surface area (Å²) in [7, 11) is -2.38. The van der Waals surface area contributed by atoms with Gasteiger partial charge in [-0.15, -0.1) is 0 Å². The van der Waals surface area contributed by atoms with Crippen LogP contribution in [0.25, 0.3) is 0 Å². The molecule has 1 fully saturated rings. The van der Waals surface area contributed by atoms with E-state index in [9.17, 15) is 26.0 Å². The maximum atomic E-state index is 13.5. The molecule has 0 bridgehead atoms. The molecule has 8 nitrogen and oxygen atoms in total. The number of hydrogen-bond donors (Lipinski definition) is 2. The molecule has 13 heteroatoms. The molecule has 1 aliphatic rings.